The number of rotatable bonds is 6. The molecule has 2 aromatic heterocycles. The number of nitrogens with zero attached hydrogens (tertiary/aromatic N) is 3. The lowest BCUT2D eigenvalue weighted by molar-refractivity contribution is -0.144. The molecule has 10 heteroatoms. The normalized spacial score (nSPS) is 11.7. The van der Waals surface area contributed by atoms with Gasteiger partial charge in [-0.05, 0) is 18.6 Å². The molecule has 0 aliphatic heterocycles. The van der Waals surface area contributed by atoms with Crippen LogP contribution < -0.4 is 11.3 Å². The predicted molar refractivity (Wildman–Crippen MR) is 76.2 cm³/mol. The Morgan fingerprint density at radius 2 is 2.08 bits per heavy atom. The second kappa shape index (κ2) is 6.85. The summed E-state index contributed by atoms with van der Waals surface area (Å²) in [7, 11) is 0. The summed E-state index contributed by atoms with van der Waals surface area (Å²) >= 11 is 0. The molecule has 2 heterocycles. The van der Waals surface area contributed by atoms with Crippen molar-refractivity contribution in [1.29, 1.82) is 0 Å². The zero-order valence-electron chi connectivity index (χ0n) is 12.8. The number of hydrogen-bond acceptors (Lipinski definition) is 5. The van der Waals surface area contributed by atoms with Gasteiger partial charge in [0.2, 0.25) is 5.89 Å². The number of alkyl halides is 3. The zero-order chi connectivity index (χ0) is 17.9. The SMILES string of the molecule is CCCCc1nc(Cn2c(C(F)(F)F)ccc(C(N)=O)c2=O)no1. The van der Waals surface area contributed by atoms with Crippen LogP contribution >= 0.6 is 0 Å². The van der Waals surface area contributed by atoms with E-state index in [9.17, 15) is 22.8 Å². The molecule has 0 aliphatic carbocycles. The number of carbonyl (C=O) groups is 1. The number of amides is 1. The van der Waals surface area contributed by atoms with Gasteiger partial charge in [0.1, 0.15) is 11.3 Å². The molecule has 0 spiro atoms. The van der Waals surface area contributed by atoms with Crippen molar-refractivity contribution in [2.45, 2.75) is 38.9 Å². The Morgan fingerprint density at radius 1 is 1.38 bits per heavy atom. The highest BCUT2D eigenvalue weighted by molar-refractivity contribution is 5.92. The fraction of sp³-hybridized carbons (Fsp3) is 0.429. The average molecular weight is 344 g/mol. The van der Waals surface area contributed by atoms with Crippen LogP contribution in [0, 0.1) is 0 Å². The first-order valence-electron chi connectivity index (χ1n) is 7.16. The summed E-state index contributed by atoms with van der Waals surface area (Å²) in [6.07, 6.45) is -2.63. The highest BCUT2D eigenvalue weighted by Crippen LogP contribution is 2.28. The number of carbonyl (C=O) groups excluding carboxylic acids is 1. The van der Waals surface area contributed by atoms with Crippen LogP contribution in [-0.4, -0.2) is 20.6 Å². The Labute approximate surface area is 134 Å². The minimum Gasteiger partial charge on any atom is -0.365 e. The van der Waals surface area contributed by atoms with E-state index in [1.165, 1.54) is 0 Å². The van der Waals surface area contributed by atoms with E-state index in [-0.39, 0.29) is 11.7 Å². The number of pyridine rings is 1. The maximum atomic E-state index is 13.1. The third kappa shape index (κ3) is 3.81. The average Bonchev–Trinajstić information content (AvgIpc) is 2.93. The summed E-state index contributed by atoms with van der Waals surface area (Å²) in [5.74, 6) is -0.922. The monoisotopic (exact) mass is 344 g/mol. The van der Waals surface area contributed by atoms with E-state index in [1.54, 1.807) is 0 Å². The summed E-state index contributed by atoms with van der Waals surface area (Å²) in [4.78, 5) is 27.3. The van der Waals surface area contributed by atoms with Crippen molar-refractivity contribution in [2.75, 3.05) is 0 Å². The van der Waals surface area contributed by atoms with Gasteiger partial charge in [0.15, 0.2) is 5.82 Å². The molecule has 0 unspecified atom stereocenters. The van der Waals surface area contributed by atoms with E-state index in [2.05, 4.69) is 10.1 Å². The van der Waals surface area contributed by atoms with Gasteiger partial charge in [-0.25, -0.2) is 0 Å². The summed E-state index contributed by atoms with van der Waals surface area (Å²) in [6, 6.07) is 1.38. The quantitative estimate of drug-likeness (QED) is 0.859. The van der Waals surface area contributed by atoms with Gasteiger partial charge in [0.05, 0.1) is 6.54 Å². The first-order chi connectivity index (χ1) is 11.2. The molecule has 1 amide bonds. The molecule has 24 heavy (non-hydrogen) atoms. The summed E-state index contributed by atoms with van der Waals surface area (Å²) in [6.45, 7) is 1.38. The van der Waals surface area contributed by atoms with E-state index in [4.69, 9.17) is 10.3 Å². The van der Waals surface area contributed by atoms with Crippen LogP contribution in [0.2, 0.25) is 0 Å². The fourth-order valence-electron chi connectivity index (χ4n) is 2.10. The fourth-order valence-corrected chi connectivity index (χ4v) is 2.10. The number of hydrogen-bond donors (Lipinski definition) is 1. The van der Waals surface area contributed by atoms with Crippen molar-refractivity contribution < 1.29 is 22.5 Å². The van der Waals surface area contributed by atoms with Gasteiger partial charge in [-0.1, -0.05) is 18.5 Å². The first-order valence-corrected chi connectivity index (χ1v) is 7.16. The lowest BCUT2D eigenvalue weighted by Crippen LogP contribution is -2.34. The van der Waals surface area contributed by atoms with E-state index >= 15 is 0 Å². The third-order valence-corrected chi connectivity index (χ3v) is 3.28. The molecule has 0 fully saturated rings. The molecule has 0 bridgehead atoms. The van der Waals surface area contributed by atoms with Gasteiger partial charge in [-0.3, -0.25) is 14.2 Å². The third-order valence-electron chi connectivity index (χ3n) is 3.28. The molecule has 2 N–H and O–H groups in total. The molecule has 0 aliphatic rings. The topological polar surface area (TPSA) is 104 Å². The highest BCUT2D eigenvalue weighted by atomic mass is 19.4. The van der Waals surface area contributed by atoms with E-state index in [1.807, 2.05) is 6.92 Å². The van der Waals surface area contributed by atoms with Gasteiger partial charge >= 0.3 is 6.18 Å². The number of aromatic nitrogens is 3. The van der Waals surface area contributed by atoms with E-state index in [0.717, 1.165) is 18.9 Å². The van der Waals surface area contributed by atoms with Crippen molar-refractivity contribution in [3.63, 3.8) is 0 Å². The van der Waals surface area contributed by atoms with E-state index < -0.39 is 35.4 Å². The second-order valence-electron chi connectivity index (χ2n) is 5.09. The number of halogens is 3. The maximum absolute atomic E-state index is 13.1. The van der Waals surface area contributed by atoms with Gasteiger partial charge in [0.25, 0.3) is 11.5 Å². The van der Waals surface area contributed by atoms with Crippen molar-refractivity contribution in [1.82, 2.24) is 14.7 Å². The van der Waals surface area contributed by atoms with Gasteiger partial charge in [-0.15, -0.1) is 0 Å². The molecule has 0 aromatic carbocycles. The first kappa shape index (κ1) is 17.7. The molecule has 0 saturated carbocycles. The van der Waals surface area contributed by atoms with Crippen molar-refractivity contribution in [2.24, 2.45) is 5.73 Å². The lowest BCUT2D eigenvalue weighted by Gasteiger charge is -2.14. The summed E-state index contributed by atoms with van der Waals surface area (Å²) in [5.41, 5.74) is 2.09. The van der Waals surface area contributed by atoms with Crippen molar-refractivity contribution >= 4 is 5.91 Å². The molecular weight excluding hydrogens is 329 g/mol. The smallest absolute Gasteiger partial charge is 0.365 e. The van der Waals surface area contributed by atoms with Crippen LogP contribution in [0.4, 0.5) is 13.2 Å². The molecule has 2 rings (SSSR count). The Morgan fingerprint density at radius 3 is 2.67 bits per heavy atom. The van der Waals surface area contributed by atoms with Gasteiger partial charge in [0, 0.05) is 6.42 Å². The van der Waals surface area contributed by atoms with E-state index in [0.29, 0.717) is 17.1 Å². The van der Waals surface area contributed by atoms with Crippen LogP contribution in [0.15, 0.2) is 21.5 Å². The number of primary amides is 1. The highest BCUT2D eigenvalue weighted by Gasteiger charge is 2.35. The molecule has 0 atom stereocenters. The minimum atomic E-state index is -4.79. The molecule has 0 saturated heterocycles. The van der Waals surface area contributed by atoms with Crippen LogP contribution in [0.25, 0.3) is 0 Å². The van der Waals surface area contributed by atoms with Crippen LogP contribution in [0.1, 0.15) is 47.5 Å². The predicted octanol–water partition coefficient (Wildman–Crippen LogP) is 1.74. The zero-order valence-corrected chi connectivity index (χ0v) is 12.8. The molecule has 130 valence electrons. The molecular formula is C14H15F3N4O3. The molecule has 2 aromatic rings. The largest absolute Gasteiger partial charge is 0.431 e. The van der Waals surface area contributed by atoms with Crippen LogP contribution in [0.5, 0.6) is 0 Å². The molecule has 7 nitrogen and oxygen atoms in total. The minimum absolute atomic E-state index is 0.0877. The Hall–Kier alpha value is -2.65. The van der Waals surface area contributed by atoms with Gasteiger partial charge in [-0.2, -0.15) is 18.2 Å². The van der Waals surface area contributed by atoms with Crippen molar-refractivity contribution in [3.8, 4) is 0 Å². The number of unbranched alkanes of at least 4 members (excludes halogenated alkanes) is 1. The summed E-state index contributed by atoms with van der Waals surface area (Å²) < 4.78 is 44.6. The Kier molecular flexibility index (Phi) is 5.05. The van der Waals surface area contributed by atoms with Crippen molar-refractivity contribution in [3.05, 3.63) is 45.5 Å². The van der Waals surface area contributed by atoms with Crippen LogP contribution in [0.3, 0.4) is 0 Å². The Bertz CT molecular complexity index is 795. The lowest BCUT2D eigenvalue weighted by atomic mass is 10.2. The Balaban J connectivity index is 2.43. The number of aryl methyl sites for hydroxylation is 1. The molecule has 0 radical (unpaired) electrons. The second-order valence-corrected chi connectivity index (χ2v) is 5.09. The van der Waals surface area contributed by atoms with Gasteiger partial charge < -0.3 is 10.3 Å². The number of nitrogens with two attached hydrogens (primary N) is 1. The maximum Gasteiger partial charge on any atom is 0.431 e. The van der Waals surface area contributed by atoms with Crippen LogP contribution in [-0.2, 0) is 19.1 Å². The standard InChI is InChI=1S/C14H15F3N4O3/c1-2-3-4-11-19-10(20-24-11)7-21-9(14(15,16)17)6-5-8(12(18)22)13(21)23/h5-6H,2-4,7H2,1H3,(H2,18,22). The summed E-state index contributed by atoms with van der Waals surface area (Å²) in [5, 5.41) is 3.57.